The van der Waals surface area contributed by atoms with Crippen molar-refractivity contribution in [3.8, 4) is 5.75 Å². The first-order valence-electron chi connectivity index (χ1n) is 9.89. The van der Waals surface area contributed by atoms with E-state index in [0.29, 0.717) is 5.65 Å². The largest absolute Gasteiger partial charge is 0.496 e. The second-order valence-electron chi connectivity index (χ2n) is 7.29. The van der Waals surface area contributed by atoms with Gasteiger partial charge in [0.15, 0.2) is 11.5 Å². The Balaban J connectivity index is 1.52. The zero-order valence-electron chi connectivity index (χ0n) is 16.7. The lowest BCUT2D eigenvalue weighted by Crippen LogP contribution is -2.32. The lowest BCUT2D eigenvalue weighted by molar-refractivity contribution is 0.409. The van der Waals surface area contributed by atoms with E-state index < -0.39 is 0 Å². The van der Waals surface area contributed by atoms with E-state index in [9.17, 15) is 0 Å². The predicted octanol–water partition coefficient (Wildman–Crippen LogP) is 2.97. The van der Waals surface area contributed by atoms with Crippen LogP contribution in [0.1, 0.15) is 11.1 Å². The van der Waals surface area contributed by atoms with Crippen molar-refractivity contribution in [2.75, 3.05) is 35.7 Å². The molecule has 0 unspecified atom stereocenters. The summed E-state index contributed by atoms with van der Waals surface area (Å²) < 4.78 is 5.57. The van der Waals surface area contributed by atoms with Crippen LogP contribution in [0.3, 0.4) is 0 Å². The number of hydrogen-bond donors (Lipinski definition) is 2. The number of anilines is 3. The van der Waals surface area contributed by atoms with Crippen LogP contribution in [-0.2, 0) is 13.1 Å². The number of hydrogen-bond acceptors (Lipinski definition) is 7. The van der Waals surface area contributed by atoms with Crippen LogP contribution in [0.15, 0.2) is 54.9 Å². The van der Waals surface area contributed by atoms with E-state index in [4.69, 9.17) is 10.5 Å². The maximum Gasteiger partial charge on any atom is 0.224 e. The molecule has 1 aliphatic rings. The van der Waals surface area contributed by atoms with Crippen LogP contribution in [-0.4, -0.2) is 40.1 Å². The molecule has 0 amide bonds. The molecule has 2 aromatic carbocycles. The minimum Gasteiger partial charge on any atom is -0.496 e. The SMILES string of the molecule is COc1ccccc1CN1CCN(c2nc(N)nc3nc[nH]c23)Cc2ccccc21. The lowest BCUT2D eigenvalue weighted by atomic mass is 10.1. The highest BCUT2D eigenvalue weighted by atomic mass is 16.5. The number of rotatable bonds is 4. The van der Waals surface area contributed by atoms with E-state index in [1.807, 2.05) is 18.2 Å². The number of fused-ring (bicyclic) bond motifs is 2. The quantitative estimate of drug-likeness (QED) is 0.543. The Hall–Kier alpha value is -3.81. The molecule has 0 fully saturated rings. The first kappa shape index (κ1) is 18.2. The normalized spacial score (nSPS) is 13.9. The van der Waals surface area contributed by atoms with E-state index >= 15 is 0 Å². The van der Waals surface area contributed by atoms with Crippen LogP contribution in [0.25, 0.3) is 11.2 Å². The van der Waals surface area contributed by atoms with Crippen LogP contribution < -0.4 is 20.3 Å². The van der Waals surface area contributed by atoms with Gasteiger partial charge < -0.3 is 25.3 Å². The molecular weight excluding hydrogens is 378 g/mol. The zero-order chi connectivity index (χ0) is 20.5. The number of methoxy groups -OCH3 is 1. The van der Waals surface area contributed by atoms with Gasteiger partial charge in [0.2, 0.25) is 5.95 Å². The molecule has 8 heteroatoms. The summed E-state index contributed by atoms with van der Waals surface area (Å²) in [5.74, 6) is 1.91. The van der Waals surface area contributed by atoms with Gasteiger partial charge in [-0.15, -0.1) is 0 Å². The third-order valence-electron chi connectivity index (χ3n) is 5.47. The number of aromatic amines is 1. The Kier molecular flexibility index (Phi) is 4.59. The smallest absolute Gasteiger partial charge is 0.224 e. The molecule has 0 radical (unpaired) electrons. The molecular formula is C22H23N7O. The number of nitrogens with zero attached hydrogens (tertiary/aromatic N) is 5. The molecule has 152 valence electrons. The maximum atomic E-state index is 5.96. The fourth-order valence-corrected chi connectivity index (χ4v) is 4.05. The Morgan fingerprint density at radius 2 is 1.90 bits per heavy atom. The summed E-state index contributed by atoms with van der Waals surface area (Å²) in [6.45, 7) is 3.10. The van der Waals surface area contributed by atoms with E-state index in [0.717, 1.165) is 48.8 Å². The number of aromatic nitrogens is 4. The van der Waals surface area contributed by atoms with Gasteiger partial charge in [-0.05, 0) is 17.7 Å². The lowest BCUT2D eigenvalue weighted by Gasteiger charge is -2.26. The van der Waals surface area contributed by atoms with Gasteiger partial charge in [-0.3, -0.25) is 0 Å². The topological polar surface area (TPSA) is 96.2 Å². The van der Waals surface area contributed by atoms with Gasteiger partial charge in [0.05, 0.1) is 13.4 Å². The van der Waals surface area contributed by atoms with Gasteiger partial charge in [-0.2, -0.15) is 9.97 Å². The number of imidazole rings is 1. The van der Waals surface area contributed by atoms with Gasteiger partial charge in [0.25, 0.3) is 0 Å². The van der Waals surface area contributed by atoms with Crippen LogP contribution in [0.2, 0.25) is 0 Å². The number of nitrogen functional groups attached to an aromatic ring is 1. The van der Waals surface area contributed by atoms with E-state index in [1.165, 1.54) is 11.3 Å². The summed E-state index contributed by atoms with van der Waals surface area (Å²) in [7, 11) is 1.71. The standard InChI is InChI=1S/C22H23N7O/c1-30-18-9-5-3-7-16(18)13-28-10-11-29(12-15-6-2-4-8-17(15)28)21-19-20(25-14-24-19)26-22(23)27-21/h2-9,14H,10-13H2,1H3,(H3,23,24,25,26,27). The summed E-state index contributed by atoms with van der Waals surface area (Å²) >= 11 is 0. The van der Waals surface area contributed by atoms with Crippen molar-refractivity contribution in [1.29, 1.82) is 0 Å². The van der Waals surface area contributed by atoms with Gasteiger partial charge >= 0.3 is 0 Å². The van der Waals surface area contributed by atoms with Crippen molar-refractivity contribution in [1.82, 2.24) is 19.9 Å². The summed E-state index contributed by atoms with van der Waals surface area (Å²) in [6, 6.07) is 16.7. The highest BCUT2D eigenvalue weighted by Crippen LogP contribution is 2.31. The summed E-state index contributed by atoms with van der Waals surface area (Å²) in [4.78, 5) is 20.8. The van der Waals surface area contributed by atoms with Crippen molar-refractivity contribution < 1.29 is 4.74 Å². The van der Waals surface area contributed by atoms with Gasteiger partial charge in [0.1, 0.15) is 11.3 Å². The molecule has 0 saturated heterocycles. The van der Waals surface area contributed by atoms with Crippen molar-refractivity contribution >= 4 is 28.6 Å². The average molecular weight is 401 g/mol. The molecule has 3 N–H and O–H groups in total. The molecule has 0 atom stereocenters. The maximum absolute atomic E-state index is 5.96. The first-order valence-corrected chi connectivity index (χ1v) is 9.89. The fraction of sp³-hybridized carbons (Fsp3) is 0.227. The van der Waals surface area contributed by atoms with Crippen molar-refractivity contribution in [3.05, 3.63) is 66.0 Å². The van der Waals surface area contributed by atoms with E-state index in [-0.39, 0.29) is 5.95 Å². The summed E-state index contributed by atoms with van der Waals surface area (Å²) in [5.41, 5.74) is 11.0. The molecule has 30 heavy (non-hydrogen) atoms. The molecule has 0 bridgehead atoms. The Morgan fingerprint density at radius 3 is 2.80 bits per heavy atom. The van der Waals surface area contributed by atoms with Crippen molar-refractivity contribution in [3.63, 3.8) is 0 Å². The number of para-hydroxylation sites is 2. The van der Waals surface area contributed by atoms with Crippen LogP contribution in [0.5, 0.6) is 5.75 Å². The minimum absolute atomic E-state index is 0.230. The van der Waals surface area contributed by atoms with Gasteiger partial charge in [0, 0.05) is 37.4 Å². The summed E-state index contributed by atoms with van der Waals surface area (Å²) in [6.07, 6.45) is 1.63. The molecule has 1 aliphatic heterocycles. The number of nitrogens with two attached hydrogens (primary N) is 1. The molecule has 0 aliphatic carbocycles. The average Bonchev–Trinajstić information content (AvgIpc) is 3.16. The minimum atomic E-state index is 0.230. The number of ether oxygens (including phenoxy) is 1. The first-order chi connectivity index (χ1) is 14.7. The second kappa shape index (κ2) is 7.55. The molecule has 0 spiro atoms. The van der Waals surface area contributed by atoms with E-state index in [1.54, 1.807) is 13.4 Å². The third kappa shape index (κ3) is 3.26. The van der Waals surface area contributed by atoms with Gasteiger partial charge in [-0.1, -0.05) is 36.4 Å². The van der Waals surface area contributed by atoms with E-state index in [2.05, 4.69) is 60.1 Å². The highest BCUT2D eigenvalue weighted by molar-refractivity contribution is 5.84. The molecule has 0 saturated carbocycles. The van der Waals surface area contributed by atoms with Crippen LogP contribution >= 0.6 is 0 Å². The molecule has 5 rings (SSSR count). The third-order valence-corrected chi connectivity index (χ3v) is 5.47. The molecule has 4 aromatic rings. The molecule has 3 heterocycles. The number of benzene rings is 2. The Morgan fingerprint density at radius 1 is 1.07 bits per heavy atom. The van der Waals surface area contributed by atoms with Crippen LogP contribution in [0, 0.1) is 0 Å². The fourth-order valence-electron chi connectivity index (χ4n) is 4.05. The summed E-state index contributed by atoms with van der Waals surface area (Å²) in [5, 5.41) is 0. The monoisotopic (exact) mass is 401 g/mol. The Bertz CT molecular complexity index is 1190. The molecule has 8 nitrogen and oxygen atoms in total. The predicted molar refractivity (Wildman–Crippen MR) is 118 cm³/mol. The van der Waals surface area contributed by atoms with Gasteiger partial charge in [-0.25, -0.2) is 4.98 Å². The molecule has 2 aromatic heterocycles. The second-order valence-corrected chi connectivity index (χ2v) is 7.29. The van der Waals surface area contributed by atoms with Crippen molar-refractivity contribution in [2.45, 2.75) is 13.1 Å². The van der Waals surface area contributed by atoms with Crippen molar-refractivity contribution in [2.24, 2.45) is 0 Å². The highest BCUT2D eigenvalue weighted by Gasteiger charge is 2.23. The number of nitrogens with one attached hydrogen (secondary N) is 1. The number of H-pyrrole nitrogens is 1. The Labute approximate surface area is 174 Å². The zero-order valence-corrected chi connectivity index (χ0v) is 16.7. The van der Waals surface area contributed by atoms with Crippen LogP contribution in [0.4, 0.5) is 17.5 Å².